The van der Waals surface area contributed by atoms with E-state index in [4.69, 9.17) is 0 Å². The van der Waals surface area contributed by atoms with Crippen molar-refractivity contribution < 1.29 is 21.3 Å². The van der Waals surface area contributed by atoms with Crippen LogP contribution in [0.4, 0.5) is 0 Å². The normalized spacial score (nSPS) is 10.8. The van der Waals surface area contributed by atoms with E-state index in [0.29, 0.717) is 0 Å². The average molecular weight is 822 g/mol. The summed E-state index contributed by atoms with van der Waals surface area (Å²) in [5.74, 6) is 10.0. The Bertz CT molecular complexity index is 1410. The van der Waals surface area contributed by atoms with Gasteiger partial charge in [0, 0.05) is 12.8 Å². The molecule has 0 fully saturated rings. The van der Waals surface area contributed by atoms with Crippen molar-refractivity contribution in [2.45, 2.75) is 220 Å². The molecule has 2 rings (SSSR count). The van der Waals surface area contributed by atoms with E-state index in [2.05, 4.69) is 98.7 Å². The minimum absolute atomic E-state index is 0. The van der Waals surface area contributed by atoms with E-state index in [1.54, 1.807) is 0 Å². The molecular weight excluding hydrogens is 735 g/mol. The van der Waals surface area contributed by atoms with Gasteiger partial charge in [0.1, 0.15) is 0 Å². The molecule has 0 amide bonds. The predicted octanol–water partition coefficient (Wildman–Crippen LogP) is 17.3. The third-order valence-electron chi connectivity index (χ3n) is 11.0. The number of hydrogen-bond acceptors (Lipinski definition) is 0. The minimum atomic E-state index is 0. The molecule has 0 N–H and O–H groups in total. The Labute approximate surface area is 365 Å². The summed E-state index contributed by atoms with van der Waals surface area (Å²) in [7, 11) is 0. The maximum absolute atomic E-state index is 9.70. The van der Waals surface area contributed by atoms with Crippen molar-refractivity contribution in [3.8, 4) is 11.8 Å². The number of unbranched alkanes of at least 4 members (excludes halogenated alkanes) is 21. The van der Waals surface area contributed by atoms with Gasteiger partial charge in [-0.2, -0.15) is 0 Å². The molecule has 0 aliphatic heterocycles. The van der Waals surface area contributed by atoms with E-state index in [0.717, 1.165) is 76.2 Å². The van der Waals surface area contributed by atoms with E-state index in [9.17, 15) is 5.53 Å². The van der Waals surface area contributed by atoms with Crippen LogP contribution < -0.4 is 0 Å². The zero-order valence-corrected chi connectivity index (χ0v) is 39.0. The van der Waals surface area contributed by atoms with Gasteiger partial charge in [-0.1, -0.05) is 198 Å². The van der Waals surface area contributed by atoms with Gasteiger partial charge >= 0.3 is 22.4 Å². The SMILES string of the molecule is CCCCCCCCCCCCCCCCCCCC#CCCCc1ccccc1C(=C(CCCC)C(=C=[N+]=[N-])CCCC)c1ccc(CCCC)cc1.[CH3-].[CH3-].[Ni+2]. The second-order valence-corrected chi connectivity index (χ2v) is 15.8. The van der Waals surface area contributed by atoms with Gasteiger partial charge in [0.25, 0.3) is 0 Å². The van der Waals surface area contributed by atoms with Gasteiger partial charge in [0.05, 0.1) is 5.57 Å². The van der Waals surface area contributed by atoms with E-state index < -0.39 is 0 Å². The molecule has 0 saturated carbocycles. The Morgan fingerprint density at radius 3 is 1.51 bits per heavy atom. The smallest absolute Gasteiger partial charge is 0.358 e. The van der Waals surface area contributed by atoms with Crippen molar-refractivity contribution in [2.75, 3.05) is 0 Å². The van der Waals surface area contributed by atoms with Gasteiger partial charge in [0.15, 0.2) is 0 Å². The van der Waals surface area contributed by atoms with Crippen LogP contribution in [0.15, 0.2) is 59.7 Å². The van der Waals surface area contributed by atoms with Gasteiger partial charge in [-0.3, -0.25) is 0 Å². The maximum Gasteiger partial charge on any atom is 2.00 e. The summed E-state index contributed by atoms with van der Waals surface area (Å²) in [6.45, 7) is 9.03. The van der Waals surface area contributed by atoms with Gasteiger partial charge in [-0.25, -0.2) is 0 Å². The Hall–Kier alpha value is -2.61. The summed E-state index contributed by atoms with van der Waals surface area (Å²) >= 11 is 0. The average Bonchev–Trinajstić information content (AvgIpc) is 3.20. The van der Waals surface area contributed by atoms with Gasteiger partial charge in [0.2, 0.25) is 0 Å². The van der Waals surface area contributed by atoms with Crippen molar-refractivity contribution in [1.82, 2.24) is 0 Å². The van der Waals surface area contributed by atoms with Crippen LogP contribution in [0.2, 0.25) is 0 Å². The number of nitrogens with zero attached hydrogens (tertiary/aromatic N) is 2. The fraction of sp³-hybridized carbons (Fsp3) is 0.630. The van der Waals surface area contributed by atoms with Crippen molar-refractivity contribution in [3.05, 3.63) is 102 Å². The van der Waals surface area contributed by atoms with Crippen LogP contribution in [-0.4, -0.2) is 10.7 Å². The second kappa shape index (κ2) is 40.2. The van der Waals surface area contributed by atoms with E-state index in [1.165, 1.54) is 155 Å². The summed E-state index contributed by atoms with van der Waals surface area (Å²) in [6.07, 6.45) is 37.8. The van der Waals surface area contributed by atoms with Crippen LogP contribution in [0.1, 0.15) is 230 Å². The number of aryl methyl sites for hydroxylation is 2. The minimum Gasteiger partial charge on any atom is -0.358 e. The van der Waals surface area contributed by atoms with Gasteiger partial charge < -0.3 is 20.4 Å². The first-order valence-electron chi connectivity index (χ1n) is 23.0. The molecule has 2 aromatic carbocycles. The molecule has 0 aliphatic rings. The standard InChI is InChI=1S/C52H80N2.2CH3.Ni/c1-5-9-13-14-15-16-17-18-19-20-21-22-23-24-25-26-27-28-29-30-31-32-37-47-38-33-34-40-50(47)52(48-43-41-46(42-44-48)35-10-6-2)51(39-12-8-4)49(45-54-53)36-11-7-3;;;/h33-34,38,40-44H,5-28,31-32,35-37,39H2,1-4H3;2*1H3;/q;2*-1;+2. The number of benzene rings is 2. The van der Waals surface area contributed by atoms with Crippen molar-refractivity contribution in [1.29, 1.82) is 0 Å². The number of hydrogen-bond donors (Lipinski definition) is 0. The molecule has 0 saturated heterocycles. The molecule has 0 atom stereocenters. The number of allylic oxidation sites excluding steroid dienone is 2. The number of rotatable bonds is 32. The topological polar surface area (TPSA) is 36.4 Å². The zero-order valence-electron chi connectivity index (χ0n) is 38.0. The maximum atomic E-state index is 9.70. The van der Waals surface area contributed by atoms with Crippen LogP contribution in [0.5, 0.6) is 0 Å². The summed E-state index contributed by atoms with van der Waals surface area (Å²) < 4.78 is 0. The van der Waals surface area contributed by atoms with E-state index >= 15 is 0 Å². The molecule has 0 heterocycles. The van der Waals surface area contributed by atoms with Crippen LogP contribution in [0, 0.1) is 26.7 Å². The fourth-order valence-corrected chi connectivity index (χ4v) is 7.64. The second-order valence-electron chi connectivity index (χ2n) is 15.8. The summed E-state index contributed by atoms with van der Waals surface area (Å²) in [4.78, 5) is 3.46. The molecule has 2 nitrogen and oxygen atoms in total. The van der Waals surface area contributed by atoms with Gasteiger partial charge in [-0.05, 0) is 91.2 Å². The quantitative estimate of drug-likeness (QED) is 0.0103. The van der Waals surface area contributed by atoms with Crippen LogP contribution >= 0.6 is 0 Å². The molecule has 0 aromatic heterocycles. The molecule has 0 radical (unpaired) electrons. The predicted molar refractivity (Wildman–Crippen MR) is 251 cm³/mol. The third kappa shape index (κ3) is 26.2. The third-order valence-corrected chi connectivity index (χ3v) is 11.0. The molecule has 322 valence electrons. The molecule has 0 aliphatic carbocycles. The largest absolute Gasteiger partial charge is 2.00 e. The molecule has 2 aromatic rings. The molecule has 0 bridgehead atoms. The van der Waals surface area contributed by atoms with Crippen molar-refractivity contribution in [3.63, 3.8) is 0 Å². The molecule has 0 unspecified atom stereocenters. The molecule has 0 spiro atoms. The molecular formula is C54H86N2Ni. The molecule has 57 heavy (non-hydrogen) atoms. The Balaban J connectivity index is 0. The first-order valence-corrected chi connectivity index (χ1v) is 23.0. The first kappa shape index (κ1) is 56.5. The van der Waals surface area contributed by atoms with Crippen LogP contribution in [0.25, 0.3) is 11.1 Å². The zero-order chi connectivity index (χ0) is 38.7. The van der Waals surface area contributed by atoms with E-state index in [-0.39, 0.29) is 31.3 Å². The Kier molecular flexibility index (Phi) is 39.8. The Morgan fingerprint density at radius 2 is 0.982 bits per heavy atom. The summed E-state index contributed by atoms with van der Waals surface area (Å²) in [5.41, 5.74) is 18.6. The molecule has 3 heteroatoms. The first-order chi connectivity index (χ1) is 26.7. The summed E-state index contributed by atoms with van der Waals surface area (Å²) in [6, 6.07) is 18.2. The summed E-state index contributed by atoms with van der Waals surface area (Å²) in [5, 5.41) is 0. The Morgan fingerprint density at radius 1 is 0.509 bits per heavy atom. The van der Waals surface area contributed by atoms with Gasteiger partial charge in [-0.15, -0.1) is 16.6 Å². The monoisotopic (exact) mass is 821 g/mol. The van der Waals surface area contributed by atoms with E-state index in [1.807, 2.05) is 0 Å². The van der Waals surface area contributed by atoms with Crippen LogP contribution in [-0.2, 0) is 29.3 Å². The van der Waals surface area contributed by atoms with Crippen LogP contribution in [0.3, 0.4) is 0 Å². The fourth-order valence-electron chi connectivity index (χ4n) is 7.64. The van der Waals surface area contributed by atoms with Crippen molar-refractivity contribution >= 4 is 11.4 Å². The van der Waals surface area contributed by atoms with Crippen molar-refractivity contribution in [2.24, 2.45) is 0 Å².